The van der Waals surface area contributed by atoms with Gasteiger partial charge in [0.15, 0.2) is 0 Å². The average molecular weight is 595 g/mol. The Morgan fingerprint density at radius 3 is 0.939 bits per heavy atom. The average Bonchev–Trinajstić information content (AvgIpc) is 2.50. The van der Waals surface area contributed by atoms with Crippen molar-refractivity contribution in [1.82, 2.24) is 4.13 Å². The van der Waals surface area contributed by atoms with Gasteiger partial charge < -0.3 is 0 Å². The lowest BCUT2D eigenvalue weighted by Gasteiger charge is -2.34. The summed E-state index contributed by atoms with van der Waals surface area (Å²) in [6.07, 6.45) is -7.75. The molecular weight excluding hydrogens is 594 g/mol. The van der Waals surface area contributed by atoms with Crippen molar-refractivity contribution in [2.45, 2.75) is 39.7 Å². The Hall–Kier alpha value is -1.31. The zero-order chi connectivity index (χ0) is 27.7. The second-order valence-electron chi connectivity index (χ2n) is 5.30. The maximum Gasteiger partial charge on any atom is 0.460 e. The molecule has 0 rings (SSSR count). The molecule has 0 radical (unpaired) electrons. The molecule has 0 aliphatic rings. The summed E-state index contributed by atoms with van der Waals surface area (Å²) < 4.78 is 266. The highest BCUT2D eigenvalue weighted by Gasteiger charge is 2.87. The first-order valence-corrected chi connectivity index (χ1v) is 10.6. The van der Waals surface area contributed by atoms with Gasteiger partial charge in [0.1, 0.15) is 0 Å². The van der Waals surface area contributed by atoms with E-state index in [1.165, 1.54) is 0 Å². The molecule has 0 spiro atoms. The highest BCUT2D eigenvalue weighted by atomic mass is 32.3. The van der Waals surface area contributed by atoms with Gasteiger partial charge in [-0.1, -0.05) is 8.01 Å². The molecule has 0 aliphatic carbocycles. The van der Waals surface area contributed by atoms with Crippen LogP contribution in [-0.4, -0.2) is 65.0 Å². The molecule has 0 aliphatic heterocycles. The Morgan fingerprint density at radius 1 is 0.424 bits per heavy atom. The maximum absolute atomic E-state index is 13.3. The Labute approximate surface area is 170 Å². The first-order chi connectivity index (χ1) is 13.7. The topological polar surface area (TPSA) is 114 Å². The van der Waals surface area contributed by atoms with Gasteiger partial charge in [0.05, 0.1) is 0 Å². The fourth-order valence-corrected chi connectivity index (χ4v) is 4.69. The third-order valence-corrected chi connectivity index (χ3v) is 7.53. The number of hydrogen-bond acceptors (Lipinski definition) is 6. The van der Waals surface area contributed by atoms with Crippen molar-refractivity contribution in [2.75, 3.05) is 0 Å². The standard InChI is InChI=1S/C7HF16NO6S3/c8-1(9,4(14,15)16)2(10,11)6(19,20)32(27,28)24-33(29,30)7(21,22)3(12,13)5(17,18)31(23,25)26/h24H. The van der Waals surface area contributed by atoms with Crippen LogP contribution in [0.4, 0.5) is 69.7 Å². The van der Waals surface area contributed by atoms with Crippen LogP contribution in [-0.2, 0) is 30.3 Å². The zero-order valence-corrected chi connectivity index (χ0v) is 16.2. The normalized spacial score (nSPS) is 16.7. The van der Waals surface area contributed by atoms with Gasteiger partial charge in [-0.2, -0.15) is 74.3 Å². The van der Waals surface area contributed by atoms with Crippen molar-refractivity contribution in [1.29, 1.82) is 0 Å². The second kappa shape index (κ2) is 7.59. The number of alkyl halides is 15. The molecule has 7 nitrogen and oxygen atoms in total. The van der Waals surface area contributed by atoms with Crippen LogP contribution in [0, 0.1) is 0 Å². The number of hydrogen-bond donors (Lipinski definition) is 1. The van der Waals surface area contributed by atoms with E-state index < -0.39 is 74.1 Å². The van der Waals surface area contributed by atoms with Crippen molar-refractivity contribution < 1.29 is 95.0 Å². The van der Waals surface area contributed by atoms with Crippen molar-refractivity contribution in [3.8, 4) is 0 Å². The first-order valence-electron chi connectivity index (χ1n) is 6.26. The largest absolute Gasteiger partial charge is 0.460 e. The summed E-state index contributed by atoms with van der Waals surface area (Å²) in [5.41, 5.74) is 0. The van der Waals surface area contributed by atoms with Crippen molar-refractivity contribution in [3.05, 3.63) is 0 Å². The predicted octanol–water partition coefficient (Wildman–Crippen LogP) is 2.78. The van der Waals surface area contributed by atoms with Crippen molar-refractivity contribution in [2.24, 2.45) is 0 Å². The van der Waals surface area contributed by atoms with Gasteiger partial charge >= 0.3 is 49.9 Å². The van der Waals surface area contributed by atoms with E-state index in [0.29, 0.717) is 0 Å². The Kier molecular flexibility index (Phi) is 7.29. The van der Waals surface area contributed by atoms with Gasteiger partial charge in [0.25, 0.3) is 20.0 Å². The van der Waals surface area contributed by atoms with Crippen LogP contribution in [0.15, 0.2) is 0 Å². The Morgan fingerprint density at radius 2 is 0.697 bits per heavy atom. The summed E-state index contributed by atoms with van der Waals surface area (Å²) in [4.78, 5) is 0. The highest BCUT2D eigenvalue weighted by Crippen LogP contribution is 2.55. The van der Waals surface area contributed by atoms with Crippen molar-refractivity contribution in [3.63, 3.8) is 0 Å². The number of rotatable bonds is 9. The summed E-state index contributed by atoms with van der Waals surface area (Å²) in [7, 11) is -25.5. The van der Waals surface area contributed by atoms with Crippen LogP contribution in [0.1, 0.15) is 0 Å². The fourth-order valence-electron chi connectivity index (χ4n) is 1.27. The molecule has 0 atom stereocenters. The van der Waals surface area contributed by atoms with E-state index in [1.807, 2.05) is 0 Å². The highest BCUT2D eigenvalue weighted by molar-refractivity contribution is 8.05. The van der Waals surface area contributed by atoms with Gasteiger partial charge in [-0.3, -0.25) is 0 Å². The summed E-state index contributed by atoms with van der Waals surface area (Å²) in [6.45, 7) is 0. The molecule has 0 amide bonds. The molecule has 0 unspecified atom stereocenters. The zero-order valence-electron chi connectivity index (χ0n) is 13.7. The third kappa shape index (κ3) is 4.30. The van der Waals surface area contributed by atoms with Crippen molar-refractivity contribution >= 4 is 30.3 Å². The third-order valence-electron chi connectivity index (χ3n) is 3.05. The quantitative estimate of drug-likeness (QED) is 0.324. The van der Waals surface area contributed by atoms with Crippen LogP contribution in [0.2, 0.25) is 0 Å². The number of halogens is 16. The molecule has 0 aromatic carbocycles. The predicted molar refractivity (Wildman–Crippen MR) is 66.7 cm³/mol. The maximum atomic E-state index is 13.3. The van der Waals surface area contributed by atoms with E-state index in [-0.39, 0.29) is 0 Å². The Bertz CT molecular complexity index is 1090. The lowest BCUT2D eigenvalue weighted by atomic mass is 10.1. The molecule has 26 heteroatoms. The lowest BCUT2D eigenvalue weighted by molar-refractivity contribution is -0.382. The number of nitrogens with one attached hydrogen (secondary N) is 1. The van der Waals surface area contributed by atoms with Crippen LogP contribution in [0.5, 0.6) is 0 Å². The van der Waals surface area contributed by atoms with Crippen LogP contribution in [0.3, 0.4) is 0 Å². The Balaban J connectivity index is 6.79. The minimum Gasteiger partial charge on any atom is -0.205 e. The minimum atomic E-state index is -8.65. The summed E-state index contributed by atoms with van der Waals surface area (Å²) in [5, 5.41) is -24.0. The second-order valence-corrected chi connectivity index (χ2v) is 10.4. The molecule has 0 saturated heterocycles. The number of sulfonamides is 2. The monoisotopic (exact) mass is 595 g/mol. The van der Waals surface area contributed by atoms with E-state index in [1.54, 1.807) is 0 Å². The first kappa shape index (κ1) is 31.7. The lowest BCUT2D eigenvalue weighted by Crippen LogP contribution is -2.67. The van der Waals surface area contributed by atoms with E-state index in [2.05, 4.69) is 0 Å². The van der Waals surface area contributed by atoms with Gasteiger partial charge in [-0.15, -0.1) is 0 Å². The summed E-state index contributed by atoms with van der Waals surface area (Å²) >= 11 is 0. The van der Waals surface area contributed by atoms with E-state index in [4.69, 9.17) is 0 Å². The molecule has 0 bridgehead atoms. The molecule has 0 saturated carbocycles. The smallest absolute Gasteiger partial charge is 0.205 e. The van der Waals surface area contributed by atoms with Gasteiger partial charge in [-0.05, 0) is 0 Å². The molecule has 0 aromatic heterocycles. The van der Waals surface area contributed by atoms with Crippen LogP contribution in [0.25, 0.3) is 0 Å². The summed E-state index contributed by atoms with van der Waals surface area (Å²) in [6, 6.07) is 0. The molecule has 200 valence electrons. The van der Waals surface area contributed by atoms with Crippen LogP contribution >= 0.6 is 0 Å². The fraction of sp³-hybridized carbons (Fsp3) is 1.00. The molecule has 0 aromatic rings. The molecular formula is C7HF16NO6S3. The SMILES string of the molecule is O=S(=O)(F)C(F)(F)C(F)(F)C(F)(F)S(=O)(=O)NS(=O)(=O)C(F)(F)C(F)(F)C(F)(F)C(F)(F)F. The molecule has 33 heavy (non-hydrogen) atoms. The van der Waals surface area contributed by atoms with E-state index >= 15 is 0 Å². The minimum absolute atomic E-state index is 1.59. The van der Waals surface area contributed by atoms with Gasteiger partial charge in [0, 0.05) is 0 Å². The van der Waals surface area contributed by atoms with Gasteiger partial charge in [0.2, 0.25) is 0 Å². The summed E-state index contributed by atoms with van der Waals surface area (Å²) in [5.74, 6) is -24.5. The van der Waals surface area contributed by atoms with E-state index in [0.717, 1.165) is 0 Å². The van der Waals surface area contributed by atoms with Crippen LogP contribution < -0.4 is 4.13 Å². The molecule has 0 heterocycles. The molecule has 0 fully saturated rings. The van der Waals surface area contributed by atoms with E-state index in [9.17, 15) is 95.0 Å². The molecule has 1 N–H and O–H groups in total. The van der Waals surface area contributed by atoms with Gasteiger partial charge in [-0.25, -0.2) is 16.8 Å².